The van der Waals surface area contributed by atoms with E-state index < -0.39 is 12.1 Å². The molecule has 0 fully saturated rings. The summed E-state index contributed by atoms with van der Waals surface area (Å²) in [6, 6.07) is 19.6. The van der Waals surface area contributed by atoms with E-state index in [0.717, 1.165) is 0 Å². The van der Waals surface area contributed by atoms with Gasteiger partial charge in [0.15, 0.2) is 0 Å². The number of hydrogen-bond acceptors (Lipinski definition) is 3. The van der Waals surface area contributed by atoms with Crippen LogP contribution in [0.4, 0.5) is 0 Å². The third-order valence-electron chi connectivity index (χ3n) is 2.45. The molecule has 0 amide bonds. The maximum atomic E-state index is 11.8. The van der Waals surface area contributed by atoms with Crippen LogP contribution in [0.3, 0.4) is 0 Å². The van der Waals surface area contributed by atoms with Gasteiger partial charge in [-0.2, -0.15) is 5.26 Å². The summed E-state index contributed by atoms with van der Waals surface area (Å²) in [5.74, 6) is -0.494. The summed E-state index contributed by atoms with van der Waals surface area (Å²) in [4.78, 5) is 11.8. The number of nitriles is 1. The largest absolute Gasteiger partial charge is 0.438 e. The first kappa shape index (κ1) is 11.9. The van der Waals surface area contributed by atoms with E-state index in [1.165, 1.54) is 0 Å². The number of esters is 1. The van der Waals surface area contributed by atoms with Crippen molar-refractivity contribution in [1.29, 1.82) is 5.26 Å². The Morgan fingerprint density at radius 2 is 1.56 bits per heavy atom. The Morgan fingerprint density at radius 3 is 2.11 bits per heavy atom. The van der Waals surface area contributed by atoms with Crippen molar-refractivity contribution in [3.05, 3.63) is 71.8 Å². The quantitative estimate of drug-likeness (QED) is 0.770. The van der Waals surface area contributed by atoms with Gasteiger partial charge in [0.05, 0.1) is 5.56 Å². The molecule has 0 spiro atoms. The van der Waals surface area contributed by atoms with Gasteiger partial charge in [-0.05, 0) is 12.1 Å². The SMILES string of the molecule is N#CC(OC(=O)c1ccccc1)c1ccccc1. The first-order chi connectivity index (χ1) is 8.81. The topological polar surface area (TPSA) is 50.1 Å². The molecule has 3 nitrogen and oxygen atoms in total. The molecule has 0 saturated heterocycles. The smallest absolute Gasteiger partial charge is 0.339 e. The van der Waals surface area contributed by atoms with Gasteiger partial charge in [-0.15, -0.1) is 0 Å². The van der Waals surface area contributed by atoms with Crippen molar-refractivity contribution in [2.45, 2.75) is 6.10 Å². The van der Waals surface area contributed by atoms with Crippen LogP contribution in [0.1, 0.15) is 22.0 Å². The van der Waals surface area contributed by atoms with E-state index >= 15 is 0 Å². The molecule has 0 N–H and O–H groups in total. The third-order valence-corrected chi connectivity index (χ3v) is 2.45. The Kier molecular flexibility index (Phi) is 3.72. The van der Waals surface area contributed by atoms with Gasteiger partial charge in [-0.25, -0.2) is 4.79 Å². The minimum atomic E-state index is -0.876. The van der Waals surface area contributed by atoms with Gasteiger partial charge in [0, 0.05) is 5.56 Å². The Hall–Kier alpha value is -2.60. The van der Waals surface area contributed by atoms with Crippen LogP contribution in [-0.4, -0.2) is 5.97 Å². The molecular formula is C15H11NO2. The molecule has 0 radical (unpaired) electrons. The van der Waals surface area contributed by atoms with Crippen molar-refractivity contribution in [3.63, 3.8) is 0 Å². The molecular weight excluding hydrogens is 226 g/mol. The highest BCUT2D eigenvalue weighted by atomic mass is 16.5. The first-order valence-electron chi connectivity index (χ1n) is 5.52. The van der Waals surface area contributed by atoms with Gasteiger partial charge in [0.2, 0.25) is 6.10 Å². The van der Waals surface area contributed by atoms with Gasteiger partial charge in [0.25, 0.3) is 0 Å². The van der Waals surface area contributed by atoms with Crippen molar-refractivity contribution in [1.82, 2.24) is 0 Å². The van der Waals surface area contributed by atoms with Crippen LogP contribution >= 0.6 is 0 Å². The number of benzene rings is 2. The number of carbonyl (C=O) groups excluding carboxylic acids is 1. The summed E-state index contributed by atoms with van der Waals surface area (Å²) in [6.07, 6.45) is -0.876. The van der Waals surface area contributed by atoms with Crippen LogP contribution in [-0.2, 0) is 4.74 Å². The highest BCUT2D eigenvalue weighted by Gasteiger charge is 2.16. The lowest BCUT2D eigenvalue weighted by atomic mass is 10.1. The molecule has 3 heteroatoms. The third kappa shape index (κ3) is 2.74. The maximum Gasteiger partial charge on any atom is 0.339 e. The molecule has 0 saturated carbocycles. The Bertz CT molecular complexity index is 558. The molecule has 0 aliphatic carbocycles. The van der Waals surface area contributed by atoms with Crippen LogP contribution in [0.25, 0.3) is 0 Å². The molecule has 0 aromatic heterocycles. The second kappa shape index (κ2) is 5.65. The summed E-state index contributed by atoms with van der Waals surface area (Å²) < 4.78 is 5.17. The van der Waals surface area contributed by atoms with E-state index in [1.54, 1.807) is 48.5 Å². The predicted molar refractivity (Wildman–Crippen MR) is 66.7 cm³/mol. The van der Waals surface area contributed by atoms with E-state index in [-0.39, 0.29) is 0 Å². The van der Waals surface area contributed by atoms with Gasteiger partial charge in [0.1, 0.15) is 6.07 Å². The summed E-state index contributed by atoms with van der Waals surface area (Å²) in [7, 11) is 0. The first-order valence-corrected chi connectivity index (χ1v) is 5.52. The monoisotopic (exact) mass is 237 g/mol. The maximum absolute atomic E-state index is 11.8. The standard InChI is InChI=1S/C15H11NO2/c16-11-14(12-7-3-1-4-8-12)18-15(17)13-9-5-2-6-10-13/h1-10,14H. The van der Waals surface area contributed by atoms with Crippen molar-refractivity contribution < 1.29 is 9.53 Å². The van der Waals surface area contributed by atoms with Crippen LogP contribution < -0.4 is 0 Å². The lowest BCUT2D eigenvalue weighted by Crippen LogP contribution is -2.10. The van der Waals surface area contributed by atoms with E-state index in [1.807, 2.05) is 18.2 Å². The minimum absolute atomic E-state index is 0.439. The van der Waals surface area contributed by atoms with E-state index in [2.05, 4.69) is 0 Å². The normalized spacial score (nSPS) is 11.3. The fourth-order valence-electron chi connectivity index (χ4n) is 1.55. The van der Waals surface area contributed by atoms with Gasteiger partial charge >= 0.3 is 5.97 Å². The highest BCUT2D eigenvalue weighted by molar-refractivity contribution is 5.89. The number of ether oxygens (including phenoxy) is 1. The van der Waals surface area contributed by atoms with Crippen molar-refractivity contribution in [3.8, 4) is 6.07 Å². The molecule has 18 heavy (non-hydrogen) atoms. The number of carbonyl (C=O) groups is 1. The van der Waals surface area contributed by atoms with Gasteiger partial charge in [-0.1, -0.05) is 48.5 Å². The van der Waals surface area contributed by atoms with Gasteiger partial charge in [-0.3, -0.25) is 0 Å². The fourth-order valence-corrected chi connectivity index (χ4v) is 1.55. The minimum Gasteiger partial charge on any atom is -0.438 e. The zero-order valence-corrected chi connectivity index (χ0v) is 9.61. The van der Waals surface area contributed by atoms with Crippen LogP contribution in [0.15, 0.2) is 60.7 Å². The zero-order chi connectivity index (χ0) is 12.8. The number of nitrogens with zero attached hydrogens (tertiary/aromatic N) is 1. The van der Waals surface area contributed by atoms with Crippen molar-refractivity contribution in [2.75, 3.05) is 0 Å². The highest BCUT2D eigenvalue weighted by Crippen LogP contribution is 2.17. The van der Waals surface area contributed by atoms with Crippen LogP contribution in [0.2, 0.25) is 0 Å². The second-order valence-electron chi connectivity index (χ2n) is 3.69. The lowest BCUT2D eigenvalue weighted by molar-refractivity contribution is 0.0404. The van der Waals surface area contributed by atoms with Crippen molar-refractivity contribution >= 4 is 5.97 Å². The molecule has 1 unspecified atom stereocenters. The molecule has 1 atom stereocenters. The Balaban J connectivity index is 2.14. The predicted octanol–water partition coefficient (Wildman–Crippen LogP) is 3.11. The molecule has 0 heterocycles. The van der Waals surface area contributed by atoms with E-state index in [9.17, 15) is 4.79 Å². The molecule has 88 valence electrons. The van der Waals surface area contributed by atoms with Crippen LogP contribution in [0, 0.1) is 11.3 Å². The molecule has 2 aromatic rings. The van der Waals surface area contributed by atoms with E-state index in [0.29, 0.717) is 11.1 Å². The van der Waals surface area contributed by atoms with E-state index in [4.69, 9.17) is 10.00 Å². The molecule has 2 rings (SSSR count). The lowest BCUT2D eigenvalue weighted by Gasteiger charge is -2.10. The fraction of sp³-hybridized carbons (Fsp3) is 0.0667. The average Bonchev–Trinajstić information content (AvgIpc) is 2.46. The second-order valence-corrected chi connectivity index (χ2v) is 3.69. The Morgan fingerprint density at radius 1 is 1.00 bits per heavy atom. The number of hydrogen-bond donors (Lipinski definition) is 0. The molecule has 0 aliphatic rings. The number of rotatable bonds is 3. The molecule has 0 bridgehead atoms. The van der Waals surface area contributed by atoms with Gasteiger partial charge < -0.3 is 4.74 Å². The van der Waals surface area contributed by atoms with Crippen molar-refractivity contribution in [2.24, 2.45) is 0 Å². The molecule has 2 aromatic carbocycles. The summed E-state index contributed by atoms with van der Waals surface area (Å²) >= 11 is 0. The molecule has 0 aliphatic heterocycles. The zero-order valence-electron chi connectivity index (χ0n) is 9.61. The Labute approximate surface area is 105 Å². The summed E-state index contributed by atoms with van der Waals surface area (Å²) in [5.41, 5.74) is 1.11. The summed E-state index contributed by atoms with van der Waals surface area (Å²) in [5, 5.41) is 9.05. The van der Waals surface area contributed by atoms with Crippen LogP contribution in [0.5, 0.6) is 0 Å². The summed E-state index contributed by atoms with van der Waals surface area (Å²) in [6.45, 7) is 0. The average molecular weight is 237 g/mol.